The van der Waals surface area contributed by atoms with Gasteiger partial charge in [-0.3, -0.25) is 4.79 Å². The summed E-state index contributed by atoms with van der Waals surface area (Å²) in [5, 5.41) is 2.84. The topological polar surface area (TPSA) is 63.7 Å². The fraction of sp³-hybridized carbons (Fsp3) is 0.217. The molecule has 0 aliphatic heterocycles. The average molecular weight is 391 g/mol. The molecule has 1 N–H and O–H groups in total. The Kier molecular flexibility index (Phi) is 6.68. The summed E-state index contributed by atoms with van der Waals surface area (Å²) in [6.45, 7) is 0. The van der Waals surface area contributed by atoms with Crippen molar-refractivity contribution in [3.8, 4) is 11.5 Å². The second-order valence-corrected chi connectivity index (χ2v) is 6.53. The summed E-state index contributed by atoms with van der Waals surface area (Å²) in [6, 6.07) is 19.4. The van der Waals surface area contributed by atoms with Crippen LogP contribution in [-0.4, -0.2) is 32.2 Å². The van der Waals surface area contributed by atoms with E-state index in [1.807, 2.05) is 72.6 Å². The summed E-state index contributed by atoms with van der Waals surface area (Å²) in [7, 11) is 5.17. The van der Waals surface area contributed by atoms with Gasteiger partial charge in [-0.2, -0.15) is 0 Å². The van der Waals surface area contributed by atoms with Gasteiger partial charge in [0, 0.05) is 19.2 Å². The first-order valence-corrected chi connectivity index (χ1v) is 9.36. The number of carbonyl (C=O) groups is 1. The number of anilines is 3. The van der Waals surface area contributed by atoms with Crippen LogP contribution >= 0.6 is 0 Å². The number of aromatic nitrogens is 1. The molecule has 1 aromatic heterocycles. The number of nitrogens with zero attached hydrogens (tertiary/aromatic N) is 2. The zero-order valence-electron chi connectivity index (χ0n) is 16.9. The molecule has 2 aromatic carbocycles. The third-order valence-corrected chi connectivity index (χ3v) is 4.63. The van der Waals surface area contributed by atoms with Crippen molar-refractivity contribution in [1.82, 2.24) is 4.98 Å². The van der Waals surface area contributed by atoms with Gasteiger partial charge in [-0.25, -0.2) is 4.98 Å². The molecule has 0 atom stereocenters. The van der Waals surface area contributed by atoms with Crippen LogP contribution < -0.4 is 19.7 Å². The van der Waals surface area contributed by atoms with Crippen molar-refractivity contribution in [2.75, 3.05) is 31.5 Å². The predicted molar refractivity (Wildman–Crippen MR) is 115 cm³/mol. The molecule has 0 aliphatic rings. The maximum absolute atomic E-state index is 12.3. The zero-order valence-corrected chi connectivity index (χ0v) is 16.9. The van der Waals surface area contributed by atoms with Crippen LogP contribution in [0.5, 0.6) is 11.5 Å². The lowest BCUT2D eigenvalue weighted by Crippen LogP contribution is -2.14. The van der Waals surface area contributed by atoms with Gasteiger partial charge in [0.1, 0.15) is 5.82 Å². The van der Waals surface area contributed by atoms with Gasteiger partial charge in [0.2, 0.25) is 5.91 Å². The Morgan fingerprint density at radius 1 is 0.966 bits per heavy atom. The van der Waals surface area contributed by atoms with Gasteiger partial charge in [0.15, 0.2) is 11.5 Å². The number of hydrogen-bond acceptors (Lipinski definition) is 5. The normalized spacial score (nSPS) is 10.3. The number of benzene rings is 2. The lowest BCUT2D eigenvalue weighted by molar-refractivity contribution is -0.116. The van der Waals surface area contributed by atoms with E-state index in [9.17, 15) is 4.79 Å². The van der Waals surface area contributed by atoms with Crippen LogP contribution in [-0.2, 0) is 11.2 Å². The maximum Gasteiger partial charge on any atom is 0.225 e. The third kappa shape index (κ3) is 5.25. The molecule has 1 heterocycles. The van der Waals surface area contributed by atoms with E-state index in [1.165, 1.54) is 0 Å². The van der Waals surface area contributed by atoms with Crippen LogP contribution in [0, 0.1) is 0 Å². The van der Waals surface area contributed by atoms with E-state index < -0.39 is 0 Å². The van der Waals surface area contributed by atoms with E-state index in [-0.39, 0.29) is 5.91 Å². The quantitative estimate of drug-likeness (QED) is 0.615. The summed E-state index contributed by atoms with van der Waals surface area (Å²) in [4.78, 5) is 18.7. The van der Waals surface area contributed by atoms with Gasteiger partial charge >= 0.3 is 0 Å². The Balaban J connectivity index is 1.56. The highest BCUT2D eigenvalue weighted by Gasteiger charge is 2.09. The molecule has 0 unspecified atom stereocenters. The number of para-hydroxylation sites is 1. The molecule has 0 fully saturated rings. The molecule has 3 rings (SSSR count). The molecule has 6 heteroatoms. The first-order chi connectivity index (χ1) is 14.1. The van der Waals surface area contributed by atoms with Crippen molar-refractivity contribution >= 4 is 23.1 Å². The van der Waals surface area contributed by atoms with E-state index >= 15 is 0 Å². The average Bonchev–Trinajstić information content (AvgIpc) is 2.78. The molecule has 0 bridgehead atoms. The second-order valence-electron chi connectivity index (χ2n) is 6.53. The van der Waals surface area contributed by atoms with Crippen LogP contribution in [0.3, 0.4) is 0 Å². The van der Waals surface area contributed by atoms with Crippen LogP contribution in [0.2, 0.25) is 0 Å². The highest BCUT2D eigenvalue weighted by Crippen LogP contribution is 2.28. The van der Waals surface area contributed by atoms with Gasteiger partial charge in [-0.1, -0.05) is 24.3 Å². The van der Waals surface area contributed by atoms with Crippen LogP contribution in [0.4, 0.5) is 17.2 Å². The number of pyridine rings is 1. The molecule has 6 nitrogen and oxygen atoms in total. The Morgan fingerprint density at radius 3 is 2.38 bits per heavy atom. The maximum atomic E-state index is 12.3. The van der Waals surface area contributed by atoms with Crippen molar-refractivity contribution in [2.45, 2.75) is 12.8 Å². The van der Waals surface area contributed by atoms with Gasteiger partial charge in [0.25, 0.3) is 0 Å². The van der Waals surface area contributed by atoms with Crippen molar-refractivity contribution in [2.24, 2.45) is 0 Å². The van der Waals surface area contributed by atoms with E-state index in [2.05, 4.69) is 10.3 Å². The number of rotatable bonds is 8. The SMILES string of the molecule is COc1ccc(CCC(=O)Nc2ccc(N(C)c3ccccc3)cn2)cc1OC. The minimum Gasteiger partial charge on any atom is -0.493 e. The molecular formula is C23H25N3O3. The number of aryl methyl sites for hydroxylation is 1. The number of ether oxygens (including phenoxy) is 2. The van der Waals surface area contributed by atoms with Crippen LogP contribution in [0.1, 0.15) is 12.0 Å². The number of carbonyl (C=O) groups excluding carboxylic acids is 1. The number of amides is 1. The summed E-state index contributed by atoms with van der Waals surface area (Å²) >= 11 is 0. The molecule has 0 aliphatic carbocycles. The summed E-state index contributed by atoms with van der Waals surface area (Å²) < 4.78 is 10.5. The molecule has 0 saturated heterocycles. The Labute approximate surface area is 171 Å². The number of nitrogens with one attached hydrogen (secondary N) is 1. The van der Waals surface area contributed by atoms with Gasteiger partial charge in [-0.05, 0) is 48.4 Å². The van der Waals surface area contributed by atoms with Crippen molar-refractivity contribution in [1.29, 1.82) is 0 Å². The highest BCUT2D eigenvalue weighted by atomic mass is 16.5. The number of methoxy groups -OCH3 is 2. The largest absolute Gasteiger partial charge is 0.493 e. The Morgan fingerprint density at radius 2 is 1.72 bits per heavy atom. The molecule has 3 aromatic rings. The highest BCUT2D eigenvalue weighted by molar-refractivity contribution is 5.90. The molecule has 0 radical (unpaired) electrons. The third-order valence-electron chi connectivity index (χ3n) is 4.63. The minimum atomic E-state index is -0.0866. The standard InChI is InChI=1S/C23H25N3O3/c1-26(18-7-5-4-6-8-18)19-11-13-22(24-16-19)25-23(27)14-10-17-9-12-20(28-2)21(15-17)29-3/h4-9,11-13,15-16H,10,14H2,1-3H3,(H,24,25,27). The van der Waals surface area contributed by atoms with Gasteiger partial charge in [0.05, 0.1) is 26.1 Å². The van der Waals surface area contributed by atoms with Crippen LogP contribution in [0.25, 0.3) is 0 Å². The van der Waals surface area contributed by atoms with Gasteiger partial charge in [-0.15, -0.1) is 0 Å². The van der Waals surface area contributed by atoms with Crippen molar-refractivity contribution in [3.63, 3.8) is 0 Å². The van der Waals surface area contributed by atoms with E-state index in [0.717, 1.165) is 16.9 Å². The predicted octanol–water partition coefficient (Wildman–Crippen LogP) is 4.44. The first-order valence-electron chi connectivity index (χ1n) is 9.36. The molecule has 1 amide bonds. The lowest BCUT2D eigenvalue weighted by atomic mass is 10.1. The molecule has 29 heavy (non-hydrogen) atoms. The summed E-state index contributed by atoms with van der Waals surface area (Å²) in [5.41, 5.74) is 3.02. The fourth-order valence-corrected chi connectivity index (χ4v) is 2.96. The van der Waals surface area contributed by atoms with Gasteiger partial charge < -0.3 is 19.7 Å². The molecule has 150 valence electrons. The van der Waals surface area contributed by atoms with Crippen molar-refractivity contribution < 1.29 is 14.3 Å². The first kappa shape index (κ1) is 20.2. The Hall–Kier alpha value is -3.54. The zero-order chi connectivity index (χ0) is 20.6. The van der Waals surface area contributed by atoms with E-state index in [0.29, 0.717) is 30.2 Å². The fourth-order valence-electron chi connectivity index (χ4n) is 2.96. The van der Waals surface area contributed by atoms with Crippen LogP contribution in [0.15, 0.2) is 66.9 Å². The molecular weight excluding hydrogens is 366 g/mol. The molecule has 0 spiro atoms. The molecule has 0 saturated carbocycles. The second kappa shape index (κ2) is 9.59. The smallest absolute Gasteiger partial charge is 0.225 e. The van der Waals surface area contributed by atoms with E-state index in [4.69, 9.17) is 9.47 Å². The van der Waals surface area contributed by atoms with E-state index in [1.54, 1.807) is 20.4 Å². The lowest BCUT2D eigenvalue weighted by Gasteiger charge is -2.19. The monoisotopic (exact) mass is 391 g/mol. The minimum absolute atomic E-state index is 0.0866. The van der Waals surface area contributed by atoms with Crippen molar-refractivity contribution in [3.05, 3.63) is 72.4 Å². The summed E-state index contributed by atoms with van der Waals surface area (Å²) in [5.74, 6) is 1.78. The number of hydrogen-bond donors (Lipinski definition) is 1. The Bertz CT molecular complexity index is 943. The summed E-state index contributed by atoms with van der Waals surface area (Å²) in [6.07, 6.45) is 2.70.